The zero-order valence-corrected chi connectivity index (χ0v) is 13.6. The zero-order chi connectivity index (χ0) is 17.3. The molecule has 0 unspecified atom stereocenters. The van der Waals surface area contributed by atoms with Gasteiger partial charge in [0.15, 0.2) is 0 Å². The predicted octanol–water partition coefficient (Wildman–Crippen LogP) is 3.89. The molecule has 7 nitrogen and oxygen atoms in total. The minimum atomic E-state index is -0.482. The summed E-state index contributed by atoms with van der Waals surface area (Å²) < 4.78 is 1.45. The van der Waals surface area contributed by atoms with Crippen molar-refractivity contribution in [3.05, 3.63) is 62.8 Å². The van der Waals surface area contributed by atoms with Gasteiger partial charge >= 0.3 is 0 Å². The van der Waals surface area contributed by atoms with E-state index in [-0.39, 0.29) is 18.1 Å². The number of rotatable bonds is 4. The van der Waals surface area contributed by atoms with E-state index in [1.165, 1.54) is 23.0 Å². The summed E-state index contributed by atoms with van der Waals surface area (Å²) in [6, 6.07) is 9.08. The minimum absolute atomic E-state index is 0.0304. The van der Waals surface area contributed by atoms with E-state index in [0.29, 0.717) is 26.6 Å². The van der Waals surface area contributed by atoms with E-state index in [1.54, 1.807) is 24.3 Å². The first-order chi connectivity index (χ1) is 11.4. The smallest absolute Gasteiger partial charge is 0.270 e. The van der Waals surface area contributed by atoms with Gasteiger partial charge in [-0.1, -0.05) is 23.2 Å². The molecule has 0 radical (unpaired) electrons. The van der Waals surface area contributed by atoms with Crippen molar-refractivity contribution < 1.29 is 9.72 Å². The van der Waals surface area contributed by atoms with Crippen LogP contribution in [0.3, 0.4) is 0 Å². The van der Waals surface area contributed by atoms with E-state index in [1.807, 2.05) is 0 Å². The normalized spacial score (nSPS) is 10.8. The summed E-state index contributed by atoms with van der Waals surface area (Å²) in [4.78, 5) is 22.5. The summed E-state index contributed by atoms with van der Waals surface area (Å²) in [6.07, 6.45) is 1.47. The number of amides is 1. The minimum Gasteiger partial charge on any atom is -0.323 e. The molecule has 1 N–H and O–H groups in total. The van der Waals surface area contributed by atoms with Crippen LogP contribution in [0.15, 0.2) is 42.6 Å². The summed E-state index contributed by atoms with van der Waals surface area (Å²) in [5.41, 5.74) is 0.992. The molecule has 0 saturated heterocycles. The molecule has 0 spiro atoms. The quantitative estimate of drug-likeness (QED) is 0.561. The van der Waals surface area contributed by atoms with Crippen molar-refractivity contribution in [2.45, 2.75) is 6.54 Å². The maximum absolute atomic E-state index is 12.2. The third-order valence-corrected chi connectivity index (χ3v) is 3.90. The van der Waals surface area contributed by atoms with E-state index in [2.05, 4.69) is 10.4 Å². The molecular formula is C15H10Cl2N4O3. The molecule has 0 aliphatic carbocycles. The molecule has 1 aromatic heterocycles. The van der Waals surface area contributed by atoms with Gasteiger partial charge in [0.2, 0.25) is 5.91 Å². The number of halogens is 2. The van der Waals surface area contributed by atoms with Crippen molar-refractivity contribution in [1.29, 1.82) is 0 Å². The number of carbonyl (C=O) groups excluding carboxylic acids is 1. The highest BCUT2D eigenvalue weighted by atomic mass is 35.5. The lowest BCUT2D eigenvalue weighted by molar-refractivity contribution is -0.384. The Bertz CT molecular complexity index is 955. The third kappa shape index (κ3) is 3.32. The molecule has 0 aliphatic heterocycles. The average molecular weight is 365 g/mol. The largest absolute Gasteiger partial charge is 0.323 e. The second-order valence-corrected chi connectivity index (χ2v) is 5.82. The number of aromatic nitrogens is 2. The van der Waals surface area contributed by atoms with Crippen molar-refractivity contribution in [2.24, 2.45) is 0 Å². The highest BCUT2D eigenvalue weighted by Crippen LogP contribution is 2.25. The number of nitrogens with zero attached hydrogens (tertiary/aromatic N) is 3. The Hall–Kier alpha value is -2.64. The van der Waals surface area contributed by atoms with Crippen LogP contribution < -0.4 is 5.32 Å². The number of nitrogens with one attached hydrogen (secondary N) is 1. The number of non-ortho nitro benzene ring substituents is 1. The molecule has 2 aromatic carbocycles. The molecule has 9 heteroatoms. The molecule has 3 aromatic rings. The van der Waals surface area contributed by atoms with Crippen LogP contribution in [0.1, 0.15) is 0 Å². The molecule has 24 heavy (non-hydrogen) atoms. The molecule has 0 aliphatic rings. The zero-order valence-electron chi connectivity index (χ0n) is 12.1. The van der Waals surface area contributed by atoms with E-state index in [4.69, 9.17) is 23.2 Å². The van der Waals surface area contributed by atoms with Gasteiger partial charge < -0.3 is 5.32 Å². The van der Waals surface area contributed by atoms with Crippen molar-refractivity contribution in [2.75, 3.05) is 5.32 Å². The number of nitro groups is 1. The molecule has 1 heterocycles. The summed E-state index contributed by atoms with van der Waals surface area (Å²) >= 11 is 11.9. The molecule has 0 saturated carbocycles. The maximum Gasteiger partial charge on any atom is 0.270 e. The lowest BCUT2D eigenvalue weighted by Crippen LogP contribution is -2.19. The molecule has 122 valence electrons. The number of anilines is 1. The van der Waals surface area contributed by atoms with Gasteiger partial charge in [-0.3, -0.25) is 19.6 Å². The van der Waals surface area contributed by atoms with Crippen LogP contribution in [-0.4, -0.2) is 20.6 Å². The Morgan fingerprint density at radius 3 is 2.79 bits per heavy atom. The lowest BCUT2D eigenvalue weighted by Gasteiger charge is -2.08. The number of fused-ring (bicyclic) bond motifs is 1. The van der Waals surface area contributed by atoms with Crippen LogP contribution >= 0.6 is 23.2 Å². The summed E-state index contributed by atoms with van der Waals surface area (Å²) in [7, 11) is 0. The van der Waals surface area contributed by atoms with Crippen molar-refractivity contribution in [3.8, 4) is 0 Å². The van der Waals surface area contributed by atoms with Gasteiger partial charge in [0.25, 0.3) is 5.69 Å². The first-order valence-electron chi connectivity index (χ1n) is 6.79. The molecule has 3 rings (SSSR count). The fourth-order valence-corrected chi connectivity index (χ4v) is 2.57. The summed E-state index contributed by atoms with van der Waals surface area (Å²) in [5.74, 6) is -0.345. The fraction of sp³-hybridized carbons (Fsp3) is 0.0667. The van der Waals surface area contributed by atoms with Crippen LogP contribution in [0.5, 0.6) is 0 Å². The lowest BCUT2D eigenvalue weighted by atomic mass is 10.2. The van der Waals surface area contributed by atoms with Crippen LogP contribution in [0.4, 0.5) is 11.4 Å². The topological polar surface area (TPSA) is 90.1 Å². The van der Waals surface area contributed by atoms with E-state index in [9.17, 15) is 14.9 Å². The molecule has 0 atom stereocenters. The van der Waals surface area contributed by atoms with E-state index in [0.717, 1.165) is 0 Å². The third-order valence-electron chi connectivity index (χ3n) is 3.33. The number of benzene rings is 2. The van der Waals surface area contributed by atoms with Gasteiger partial charge in [-0.25, -0.2) is 0 Å². The first-order valence-corrected chi connectivity index (χ1v) is 7.54. The van der Waals surface area contributed by atoms with Gasteiger partial charge in [-0.2, -0.15) is 5.10 Å². The van der Waals surface area contributed by atoms with E-state index >= 15 is 0 Å². The number of hydrogen-bond donors (Lipinski definition) is 1. The maximum atomic E-state index is 12.2. The Morgan fingerprint density at radius 2 is 2.04 bits per heavy atom. The molecule has 0 bridgehead atoms. The first kappa shape index (κ1) is 16.2. The van der Waals surface area contributed by atoms with Crippen LogP contribution in [-0.2, 0) is 11.3 Å². The second-order valence-electron chi connectivity index (χ2n) is 4.97. The van der Waals surface area contributed by atoms with Crippen LogP contribution in [0.25, 0.3) is 10.9 Å². The Balaban J connectivity index is 1.80. The molecule has 1 amide bonds. The number of carbonyl (C=O) groups is 1. The van der Waals surface area contributed by atoms with Crippen LogP contribution in [0.2, 0.25) is 10.0 Å². The SMILES string of the molecule is O=C(Cn1ncc2cc([N+](=O)[O-])ccc21)Nc1cc(Cl)ccc1Cl. The van der Waals surface area contributed by atoms with Gasteiger partial charge in [0.1, 0.15) is 6.54 Å². The number of hydrogen-bond acceptors (Lipinski definition) is 4. The predicted molar refractivity (Wildman–Crippen MR) is 91.5 cm³/mol. The van der Waals surface area contributed by atoms with Gasteiger partial charge in [0, 0.05) is 22.5 Å². The Morgan fingerprint density at radius 1 is 1.25 bits per heavy atom. The highest BCUT2D eigenvalue weighted by molar-refractivity contribution is 6.35. The summed E-state index contributed by atoms with van der Waals surface area (Å²) in [6.45, 7) is -0.0653. The Labute approximate surface area is 145 Å². The highest BCUT2D eigenvalue weighted by Gasteiger charge is 2.13. The monoisotopic (exact) mass is 364 g/mol. The van der Waals surface area contributed by atoms with Gasteiger partial charge in [-0.05, 0) is 24.3 Å². The Kier molecular flexibility index (Phi) is 4.37. The van der Waals surface area contributed by atoms with Crippen LogP contribution in [0, 0.1) is 10.1 Å². The van der Waals surface area contributed by atoms with Crippen molar-refractivity contribution in [3.63, 3.8) is 0 Å². The van der Waals surface area contributed by atoms with Crippen molar-refractivity contribution in [1.82, 2.24) is 9.78 Å². The standard InChI is InChI=1S/C15H10Cl2N4O3/c16-10-1-3-12(17)13(6-10)19-15(22)8-20-14-4-2-11(21(23)24)5-9(14)7-18-20/h1-7H,8H2,(H,19,22). The number of nitro benzene ring substituents is 1. The fourth-order valence-electron chi connectivity index (χ4n) is 2.23. The average Bonchev–Trinajstić information content (AvgIpc) is 2.93. The van der Waals surface area contributed by atoms with Gasteiger partial charge in [0.05, 0.1) is 27.3 Å². The molecular weight excluding hydrogens is 355 g/mol. The second kappa shape index (κ2) is 6.46. The van der Waals surface area contributed by atoms with Gasteiger partial charge in [-0.15, -0.1) is 0 Å². The van der Waals surface area contributed by atoms with E-state index < -0.39 is 4.92 Å². The van der Waals surface area contributed by atoms with Crippen molar-refractivity contribution >= 4 is 51.4 Å². The summed E-state index contributed by atoms with van der Waals surface area (Å²) in [5, 5.41) is 18.9. The molecule has 0 fully saturated rings.